The zero-order valence-electron chi connectivity index (χ0n) is 17.8. The fourth-order valence-corrected chi connectivity index (χ4v) is 3.90. The molecule has 6 nitrogen and oxygen atoms in total. The minimum Gasteiger partial charge on any atom is -0.444 e. The van der Waals surface area contributed by atoms with Crippen LogP contribution in [0.1, 0.15) is 40.2 Å². The molecule has 5 N–H and O–H groups in total. The van der Waals surface area contributed by atoms with Crippen LogP contribution in [0.5, 0.6) is 0 Å². The van der Waals surface area contributed by atoms with Gasteiger partial charge in [-0.05, 0) is 57.7 Å². The van der Waals surface area contributed by atoms with Crippen LogP contribution in [0.25, 0.3) is 21.2 Å². The Labute approximate surface area is 180 Å². The lowest BCUT2D eigenvalue weighted by Gasteiger charge is -2.24. The SMILES string of the molecule is CC(C)(C#Cc1cnc(N)c2c(-c3ccc(N)cc3)csc12)NC(=O)OC(C)(C)C. The number of hydrogen-bond donors (Lipinski definition) is 3. The lowest BCUT2D eigenvalue weighted by atomic mass is 10.0. The Balaban J connectivity index is 1.94. The first-order chi connectivity index (χ1) is 14.0. The van der Waals surface area contributed by atoms with Gasteiger partial charge in [0.1, 0.15) is 11.4 Å². The highest BCUT2D eigenvalue weighted by Crippen LogP contribution is 2.38. The lowest BCUT2D eigenvalue weighted by molar-refractivity contribution is 0.0494. The molecule has 3 aromatic rings. The molecule has 0 aliphatic carbocycles. The molecule has 156 valence electrons. The number of carbonyl (C=O) groups is 1. The number of pyridine rings is 1. The van der Waals surface area contributed by atoms with Crippen LogP contribution in [-0.4, -0.2) is 22.2 Å². The number of nitrogens with two attached hydrogens (primary N) is 2. The number of thiophene rings is 1. The molecule has 0 fully saturated rings. The summed E-state index contributed by atoms with van der Waals surface area (Å²) in [6.07, 6.45) is 1.15. The maximum absolute atomic E-state index is 12.1. The largest absolute Gasteiger partial charge is 0.444 e. The van der Waals surface area contributed by atoms with Gasteiger partial charge in [0.2, 0.25) is 0 Å². The number of anilines is 2. The normalized spacial score (nSPS) is 11.6. The van der Waals surface area contributed by atoms with Crippen LogP contribution in [0.3, 0.4) is 0 Å². The number of fused-ring (bicyclic) bond motifs is 1. The molecule has 30 heavy (non-hydrogen) atoms. The van der Waals surface area contributed by atoms with E-state index in [1.54, 1.807) is 17.5 Å². The molecule has 7 heteroatoms. The van der Waals surface area contributed by atoms with Gasteiger partial charge in [-0.1, -0.05) is 24.0 Å². The Bertz CT molecular complexity index is 1150. The molecule has 0 bridgehead atoms. The van der Waals surface area contributed by atoms with Gasteiger partial charge >= 0.3 is 6.09 Å². The fourth-order valence-electron chi connectivity index (χ4n) is 2.85. The number of alkyl carbamates (subject to hydrolysis) is 1. The molecular formula is C23H26N4O2S. The number of hydrogen-bond acceptors (Lipinski definition) is 6. The molecule has 0 saturated heterocycles. The van der Waals surface area contributed by atoms with E-state index >= 15 is 0 Å². The minimum absolute atomic E-state index is 0.453. The summed E-state index contributed by atoms with van der Waals surface area (Å²) >= 11 is 1.56. The molecule has 2 heterocycles. The van der Waals surface area contributed by atoms with Gasteiger partial charge in [-0.2, -0.15) is 0 Å². The highest BCUT2D eigenvalue weighted by Gasteiger charge is 2.23. The van der Waals surface area contributed by atoms with E-state index < -0.39 is 17.2 Å². The number of ether oxygens (including phenoxy) is 1. The van der Waals surface area contributed by atoms with Crippen LogP contribution in [-0.2, 0) is 4.74 Å². The van der Waals surface area contributed by atoms with Gasteiger partial charge in [0, 0.05) is 22.8 Å². The zero-order chi connectivity index (χ0) is 22.1. The first-order valence-corrected chi connectivity index (χ1v) is 10.4. The summed E-state index contributed by atoms with van der Waals surface area (Å²) in [6, 6.07) is 7.64. The Morgan fingerprint density at radius 2 is 1.80 bits per heavy atom. The summed E-state index contributed by atoms with van der Waals surface area (Å²) in [5.74, 6) is 6.71. The third kappa shape index (κ3) is 5.02. The van der Waals surface area contributed by atoms with Crippen molar-refractivity contribution in [3.05, 3.63) is 41.4 Å². The lowest BCUT2D eigenvalue weighted by Crippen LogP contribution is -2.44. The van der Waals surface area contributed by atoms with Gasteiger partial charge in [0.05, 0.1) is 15.8 Å². The van der Waals surface area contributed by atoms with Crippen molar-refractivity contribution in [2.24, 2.45) is 0 Å². The Hall–Kier alpha value is -3.24. The van der Waals surface area contributed by atoms with Crippen molar-refractivity contribution in [1.29, 1.82) is 0 Å². The molecule has 1 aromatic carbocycles. The van der Waals surface area contributed by atoms with Gasteiger partial charge < -0.3 is 21.5 Å². The number of nitrogen functional groups attached to an aromatic ring is 2. The van der Waals surface area contributed by atoms with Crippen molar-refractivity contribution >= 4 is 39.0 Å². The molecule has 0 aliphatic heterocycles. The molecule has 3 rings (SSSR count). The van der Waals surface area contributed by atoms with E-state index in [2.05, 4.69) is 22.1 Å². The second kappa shape index (κ2) is 7.88. The van der Waals surface area contributed by atoms with Crippen molar-refractivity contribution in [1.82, 2.24) is 10.3 Å². The third-order valence-corrected chi connectivity index (χ3v) is 5.18. The van der Waals surface area contributed by atoms with Crippen molar-refractivity contribution in [2.45, 2.75) is 45.8 Å². The second-order valence-corrected chi connectivity index (χ2v) is 9.41. The van der Waals surface area contributed by atoms with Gasteiger partial charge in [0.15, 0.2) is 0 Å². The molecule has 2 aromatic heterocycles. The van der Waals surface area contributed by atoms with Crippen LogP contribution in [0.4, 0.5) is 16.3 Å². The summed E-state index contributed by atoms with van der Waals surface area (Å²) in [4.78, 5) is 16.4. The molecule has 0 unspecified atom stereocenters. The fraction of sp³-hybridized carbons (Fsp3) is 0.304. The summed E-state index contributed by atoms with van der Waals surface area (Å²) in [5.41, 5.74) is 14.1. The molecule has 1 amide bonds. The number of nitrogens with zero attached hydrogens (tertiary/aromatic N) is 1. The maximum atomic E-state index is 12.1. The van der Waals surface area contributed by atoms with E-state index in [1.807, 2.05) is 64.3 Å². The third-order valence-electron chi connectivity index (χ3n) is 4.17. The molecule has 0 atom stereocenters. The van der Waals surface area contributed by atoms with Crippen LogP contribution < -0.4 is 16.8 Å². The number of rotatable bonds is 2. The second-order valence-electron chi connectivity index (χ2n) is 8.53. The summed E-state index contributed by atoms with van der Waals surface area (Å²) < 4.78 is 6.27. The monoisotopic (exact) mass is 422 g/mol. The first-order valence-electron chi connectivity index (χ1n) is 9.51. The van der Waals surface area contributed by atoms with Gasteiger partial charge in [-0.25, -0.2) is 9.78 Å². The minimum atomic E-state index is -0.785. The smallest absolute Gasteiger partial charge is 0.408 e. The predicted octanol–water partition coefficient (Wildman–Crippen LogP) is 4.78. The Kier molecular flexibility index (Phi) is 5.64. The van der Waals surface area contributed by atoms with Crippen molar-refractivity contribution in [3.63, 3.8) is 0 Å². The average Bonchev–Trinajstić information content (AvgIpc) is 3.06. The summed E-state index contributed by atoms with van der Waals surface area (Å²) in [6.45, 7) is 9.09. The van der Waals surface area contributed by atoms with Gasteiger partial charge in [0.25, 0.3) is 0 Å². The van der Waals surface area contributed by atoms with E-state index in [9.17, 15) is 4.79 Å². The summed E-state index contributed by atoms with van der Waals surface area (Å²) in [7, 11) is 0. The van der Waals surface area contributed by atoms with E-state index in [4.69, 9.17) is 16.2 Å². The van der Waals surface area contributed by atoms with Crippen LogP contribution in [0.15, 0.2) is 35.8 Å². The highest BCUT2D eigenvalue weighted by molar-refractivity contribution is 7.18. The van der Waals surface area contributed by atoms with Crippen molar-refractivity contribution < 1.29 is 9.53 Å². The van der Waals surface area contributed by atoms with E-state index in [0.717, 1.165) is 26.8 Å². The average molecular weight is 423 g/mol. The Morgan fingerprint density at radius 3 is 2.43 bits per heavy atom. The van der Waals surface area contributed by atoms with Crippen molar-refractivity contribution in [2.75, 3.05) is 11.5 Å². The number of carbonyl (C=O) groups excluding carboxylic acids is 1. The van der Waals surface area contributed by atoms with Gasteiger partial charge in [-0.3, -0.25) is 0 Å². The standard InChI is InChI=1S/C23H26N4O2S/c1-22(2,3)29-21(28)27-23(4,5)11-10-15-12-26-20(25)18-17(13-30-19(15)18)14-6-8-16(24)9-7-14/h6-9,12-13H,24H2,1-5H3,(H2,25,26)(H,27,28). The van der Waals surface area contributed by atoms with Crippen molar-refractivity contribution in [3.8, 4) is 23.0 Å². The molecule has 0 spiro atoms. The first kappa shape index (κ1) is 21.5. The summed E-state index contributed by atoms with van der Waals surface area (Å²) in [5, 5.41) is 5.71. The highest BCUT2D eigenvalue weighted by atomic mass is 32.1. The molecule has 0 saturated carbocycles. The molecular weight excluding hydrogens is 396 g/mol. The predicted molar refractivity (Wildman–Crippen MR) is 124 cm³/mol. The van der Waals surface area contributed by atoms with Crippen LogP contribution in [0.2, 0.25) is 0 Å². The zero-order valence-corrected chi connectivity index (χ0v) is 18.6. The molecule has 0 aliphatic rings. The van der Waals surface area contributed by atoms with E-state index in [1.165, 1.54) is 0 Å². The maximum Gasteiger partial charge on any atom is 0.408 e. The van der Waals surface area contributed by atoms with Gasteiger partial charge in [-0.15, -0.1) is 11.3 Å². The van der Waals surface area contributed by atoms with Crippen LogP contribution >= 0.6 is 11.3 Å². The quantitative estimate of drug-likeness (QED) is 0.407. The van der Waals surface area contributed by atoms with E-state index in [0.29, 0.717) is 11.5 Å². The Morgan fingerprint density at radius 1 is 1.13 bits per heavy atom. The number of amides is 1. The van der Waals surface area contributed by atoms with E-state index in [-0.39, 0.29) is 0 Å². The van der Waals surface area contributed by atoms with Crippen LogP contribution in [0, 0.1) is 11.8 Å². The topological polar surface area (TPSA) is 103 Å². The number of benzene rings is 1. The number of aromatic nitrogens is 1. The molecule has 0 radical (unpaired) electrons. The number of nitrogens with one attached hydrogen (secondary N) is 1.